The van der Waals surface area contributed by atoms with Crippen LogP contribution < -0.4 is 5.50 Å². The molecule has 0 aromatic heterocycles. The summed E-state index contributed by atoms with van der Waals surface area (Å²) in [6.45, 7) is 3.60. The highest BCUT2D eigenvalue weighted by atomic mass is 32.4. The van der Waals surface area contributed by atoms with Crippen molar-refractivity contribution < 1.29 is 4.79 Å². The molecule has 0 aromatic carbocycles. The van der Waals surface area contributed by atoms with Gasteiger partial charge in [0.25, 0.3) is 0 Å². The average molecular weight is 289 g/mol. The maximum Gasteiger partial charge on any atom is 0.242 e. The minimum atomic E-state index is -1.98. The Morgan fingerprint density at radius 2 is 1.94 bits per heavy atom. The molecule has 0 rings (SSSR count). The highest BCUT2D eigenvalue weighted by Crippen LogP contribution is 2.39. The summed E-state index contributed by atoms with van der Waals surface area (Å²) in [7, 11) is 0. The van der Waals surface area contributed by atoms with E-state index in [9.17, 15) is 4.79 Å². The summed E-state index contributed by atoms with van der Waals surface area (Å²) >= 11 is 5.31. The van der Waals surface area contributed by atoms with E-state index in [4.69, 9.17) is 17.3 Å². The van der Waals surface area contributed by atoms with Gasteiger partial charge in [0.15, 0.2) is 0 Å². The fourth-order valence-corrected chi connectivity index (χ4v) is 3.11. The highest BCUT2D eigenvalue weighted by molar-refractivity contribution is 8.12. The summed E-state index contributed by atoms with van der Waals surface area (Å²) in [6, 6.07) is 0. The maximum atomic E-state index is 10.5. The van der Waals surface area contributed by atoms with Gasteiger partial charge in [0.1, 0.15) is 6.34 Å². The van der Waals surface area contributed by atoms with Gasteiger partial charge in [-0.05, 0) is 25.7 Å². The second-order valence-corrected chi connectivity index (χ2v) is 8.33. The summed E-state index contributed by atoms with van der Waals surface area (Å²) < 4.78 is 4.33. The molecule has 18 heavy (non-hydrogen) atoms. The molecule has 0 spiro atoms. The number of amides is 1. The van der Waals surface area contributed by atoms with Gasteiger partial charge < -0.3 is 0 Å². The lowest BCUT2D eigenvalue weighted by Gasteiger charge is -2.10. The number of unbranched alkanes of at least 4 members (excludes halogenated alkanes) is 4. The van der Waals surface area contributed by atoms with Crippen LogP contribution in [0.4, 0.5) is 0 Å². The lowest BCUT2D eigenvalue weighted by molar-refractivity contribution is -0.115. The van der Waals surface area contributed by atoms with Gasteiger partial charge in [-0.1, -0.05) is 31.6 Å². The van der Waals surface area contributed by atoms with E-state index in [2.05, 4.69) is 16.7 Å². The molecule has 4 nitrogen and oxygen atoms in total. The third-order valence-corrected chi connectivity index (χ3v) is 4.64. The van der Waals surface area contributed by atoms with Crippen LogP contribution in [0.2, 0.25) is 0 Å². The lowest BCUT2D eigenvalue weighted by atomic mass is 10.3. The zero-order valence-electron chi connectivity index (χ0n) is 11.3. The van der Waals surface area contributed by atoms with Crippen molar-refractivity contribution in [3.8, 4) is 0 Å². The van der Waals surface area contributed by atoms with Gasteiger partial charge in [0, 0.05) is 25.5 Å². The first-order chi connectivity index (χ1) is 8.48. The van der Waals surface area contributed by atoms with E-state index in [1.807, 2.05) is 6.21 Å². The van der Waals surface area contributed by atoms with Crippen LogP contribution in [0, 0.1) is 0 Å². The van der Waals surface area contributed by atoms with Crippen LogP contribution in [0.1, 0.15) is 52.4 Å². The van der Waals surface area contributed by atoms with Crippen LogP contribution in [0.5, 0.6) is 0 Å². The van der Waals surface area contributed by atoms with E-state index in [1.54, 1.807) is 6.21 Å². The van der Waals surface area contributed by atoms with Crippen molar-refractivity contribution in [2.24, 2.45) is 15.3 Å². The summed E-state index contributed by atoms with van der Waals surface area (Å²) in [5, 5.41) is 0. The van der Waals surface area contributed by atoms with Gasteiger partial charge >= 0.3 is 0 Å². The summed E-state index contributed by atoms with van der Waals surface area (Å²) in [5.41, 5.74) is 6.00. The van der Waals surface area contributed by atoms with Gasteiger partial charge in [-0.3, -0.25) is 10.3 Å². The van der Waals surface area contributed by atoms with Crippen LogP contribution >= 0.6 is 6.34 Å². The van der Waals surface area contributed by atoms with Gasteiger partial charge in [0.2, 0.25) is 5.91 Å². The van der Waals surface area contributed by atoms with Crippen molar-refractivity contribution in [1.29, 1.82) is 0 Å². The Morgan fingerprint density at radius 3 is 2.56 bits per heavy atom. The number of rotatable bonds is 9. The molecular weight excluding hydrogens is 265 g/mol. The maximum absolute atomic E-state index is 10.5. The topological polar surface area (TPSA) is 67.8 Å². The number of carbonyl (C=O) groups is 1. The molecule has 1 amide bonds. The van der Waals surface area contributed by atoms with Gasteiger partial charge in [0.05, 0.1) is 0 Å². The van der Waals surface area contributed by atoms with Crippen molar-refractivity contribution in [2.75, 3.05) is 6.16 Å². The summed E-state index contributed by atoms with van der Waals surface area (Å²) in [4.78, 5) is 14.2. The summed E-state index contributed by atoms with van der Waals surface area (Å²) in [5.74, 6) is -0.156. The Hall–Kier alpha value is -0.380. The fraction of sp³-hybridized carbons (Fsp3) is 0.750. The predicted octanol–water partition coefficient (Wildman–Crippen LogP) is 3.30. The van der Waals surface area contributed by atoms with Crippen molar-refractivity contribution >= 4 is 36.5 Å². The zero-order chi connectivity index (χ0) is 13.9. The number of nitrogens with two attached hydrogens (primary N) is 1. The first-order valence-corrected chi connectivity index (χ1v) is 9.43. The molecule has 104 valence electrons. The molecule has 0 radical (unpaired) electrons. The van der Waals surface area contributed by atoms with Crippen molar-refractivity contribution in [3.05, 3.63) is 0 Å². The molecule has 0 aliphatic rings. The third-order valence-electron chi connectivity index (χ3n) is 2.30. The van der Waals surface area contributed by atoms with Crippen LogP contribution in [0.15, 0.2) is 9.76 Å². The number of carbonyl (C=O) groups excluding carboxylic acids is 1. The molecular formula is C12H24N3OPS. The van der Waals surface area contributed by atoms with Gasteiger partial charge in [-0.25, -0.2) is 9.76 Å². The standard InChI is InChI=1S/C12H24N3OPS/c1-3-4-8-11-17(13,18)15-10-7-5-6-9-14-12(2)16/h9-10H,3-8,11H2,1-2H3,(H2,13,18). The van der Waals surface area contributed by atoms with E-state index < -0.39 is 6.34 Å². The van der Waals surface area contributed by atoms with Crippen molar-refractivity contribution in [2.45, 2.75) is 52.4 Å². The molecule has 0 aliphatic carbocycles. The zero-order valence-corrected chi connectivity index (χ0v) is 13.1. The molecule has 0 saturated carbocycles. The Kier molecular flexibility index (Phi) is 10.3. The molecule has 0 saturated heterocycles. The van der Waals surface area contributed by atoms with Crippen LogP contribution in [-0.2, 0) is 16.6 Å². The molecule has 0 fully saturated rings. The summed E-state index contributed by atoms with van der Waals surface area (Å²) in [6.07, 6.45) is 8.34. The second-order valence-electron chi connectivity index (χ2n) is 4.25. The van der Waals surface area contributed by atoms with Gasteiger partial charge in [-0.15, -0.1) is 0 Å². The normalized spacial score (nSPS) is 15.3. The van der Waals surface area contributed by atoms with Crippen LogP contribution in [-0.4, -0.2) is 24.5 Å². The first-order valence-electron chi connectivity index (χ1n) is 6.42. The highest BCUT2D eigenvalue weighted by Gasteiger charge is 2.06. The lowest BCUT2D eigenvalue weighted by Crippen LogP contribution is -1.97. The predicted molar refractivity (Wildman–Crippen MR) is 84.4 cm³/mol. The molecule has 0 aliphatic heterocycles. The molecule has 2 N–H and O–H groups in total. The molecule has 0 bridgehead atoms. The fourth-order valence-electron chi connectivity index (χ4n) is 1.34. The Morgan fingerprint density at radius 1 is 1.28 bits per heavy atom. The minimum absolute atomic E-state index is 0.156. The van der Waals surface area contributed by atoms with Crippen LogP contribution in [0.25, 0.3) is 0 Å². The third kappa shape index (κ3) is 12.1. The van der Waals surface area contributed by atoms with E-state index in [0.717, 1.165) is 31.8 Å². The largest absolute Gasteiger partial charge is 0.286 e. The van der Waals surface area contributed by atoms with Crippen molar-refractivity contribution in [1.82, 2.24) is 0 Å². The van der Waals surface area contributed by atoms with Crippen LogP contribution in [0.3, 0.4) is 0 Å². The van der Waals surface area contributed by atoms with E-state index in [0.29, 0.717) is 0 Å². The second kappa shape index (κ2) is 10.5. The SMILES string of the molecule is CCCCCP(N)(=S)N=CCCCC=NC(C)=O. The monoisotopic (exact) mass is 289 g/mol. The van der Waals surface area contributed by atoms with E-state index in [1.165, 1.54) is 19.8 Å². The Labute approximate surface area is 115 Å². The van der Waals surface area contributed by atoms with Gasteiger partial charge in [-0.2, -0.15) is 0 Å². The first kappa shape index (κ1) is 17.6. The molecule has 6 heteroatoms. The molecule has 0 heterocycles. The smallest absolute Gasteiger partial charge is 0.242 e. The number of nitrogens with zero attached hydrogens (tertiary/aromatic N) is 2. The molecule has 1 atom stereocenters. The number of aliphatic imine (C=N–C) groups is 1. The minimum Gasteiger partial charge on any atom is -0.286 e. The Bertz CT molecular complexity index is 342. The molecule has 1 unspecified atom stereocenters. The molecule has 0 aromatic rings. The average Bonchev–Trinajstić information content (AvgIpc) is 2.27. The quantitative estimate of drug-likeness (QED) is 0.402. The van der Waals surface area contributed by atoms with Crippen molar-refractivity contribution in [3.63, 3.8) is 0 Å². The Balaban J connectivity index is 3.73. The number of hydrogen-bond donors (Lipinski definition) is 1. The van der Waals surface area contributed by atoms with E-state index in [-0.39, 0.29) is 5.91 Å². The number of hydrogen-bond acceptors (Lipinski definition) is 2. The van der Waals surface area contributed by atoms with E-state index >= 15 is 0 Å².